The first kappa shape index (κ1) is 15.0. The summed E-state index contributed by atoms with van der Waals surface area (Å²) in [4.78, 5) is 20.5. The standard InChI is InChI=1S/C15H26N4O/c1-4-14(20)18-10-7-17(8-11-18)9-12-19-6-5-16-15(19)13(2)3/h5-6,13H,4,7-12H2,1-3H3. The normalized spacial score (nSPS) is 16.9. The minimum Gasteiger partial charge on any atom is -0.340 e. The molecule has 0 radical (unpaired) electrons. The van der Waals surface area contributed by atoms with Gasteiger partial charge >= 0.3 is 0 Å². The predicted molar refractivity (Wildman–Crippen MR) is 79.6 cm³/mol. The van der Waals surface area contributed by atoms with E-state index in [0.717, 1.165) is 45.1 Å². The van der Waals surface area contributed by atoms with Crippen molar-refractivity contribution < 1.29 is 4.79 Å². The number of piperazine rings is 1. The summed E-state index contributed by atoms with van der Waals surface area (Å²) in [6.07, 6.45) is 4.56. The van der Waals surface area contributed by atoms with Gasteiger partial charge in [0, 0.05) is 64.0 Å². The first-order valence-electron chi connectivity index (χ1n) is 7.63. The van der Waals surface area contributed by atoms with Crippen LogP contribution in [0.3, 0.4) is 0 Å². The molecule has 1 aliphatic heterocycles. The molecule has 0 atom stereocenters. The Hall–Kier alpha value is -1.36. The quantitative estimate of drug-likeness (QED) is 0.821. The Balaban J connectivity index is 1.79. The van der Waals surface area contributed by atoms with Crippen LogP contribution in [0.2, 0.25) is 0 Å². The van der Waals surface area contributed by atoms with E-state index in [9.17, 15) is 4.79 Å². The lowest BCUT2D eigenvalue weighted by atomic mass is 10.2. The highest BCUT2D eigenvalue weighted by Gasteiger charge is 2.19. The highest BCUT2D eigenvalue weighted by Crippen LogP contribution is 2.12. The minimum atomic E-state index is 0.279. The molecule has 5 heteroatoms. The molecule has 0 saturated carbocycles. The Morgan fingerprint density at radius 2 is 1.95 bits per heavy atom. The van der Waals surface area contributed by atoms with E-state index in [2.05, 4.69) is 34.5 Å². The van der Waals surface area contributed by atoms with Gasteiger partial charge in [0.05, 0.1) is 0 Å². The van der Waals surface area contributed by atoms with Crippen LogP contribution >= 0.6 is 0 Å². The second-order valence-electron chi connectivity index (χ2n) is 5.71. The molecule has 1 saturated heterocycles. The Labute approximate surface area is 121 Å². The molecular weight excluding hydrogens is 252 g/mol. The zero-order chi connectivity index (χ0) is 14.5. The molecular formula is C15H26N4O. The van der Waals surface area contributed by atoms with E-state index in [0.29, 0.717) is 12.3 Å². The number of hydrogen-bond donors (Lipinski definition) is 0. The van der Waals surface area contributed by atoms with Gasteiger partial charge in [-0.1, -0.05) is 20.8 Å². The van der Waals surface area contributed by atoms with E-state index in [1.54, 1.807) is 0 Å². The highest BCUT2D eigenvalue weighted by atomic mass is 16.2. The van der Waals surface area contributed by atoms with Crippen LogP contribution < -0.4 is 0 Å². The molecule has 0 bridgehead atoms. The van der Waals surface area contributed by atoms with Crippen molar-refractivity contribution >= 4 is 5.91 Å². The average Bonchev–Trinajstić information content (AvgIpc) is 2.93. The molecule has 2 rings (SSSR count). The summed E-state index contributed by atoms with van der Waals surface area (Å²) in [5.41, 5.74) is 0. The maximum atomic E-state index is 11.6. The number of amides is 1. The van der Waals surface area contributed by atoms with Crippen molar-refractivity contribution in [2.75, 3.05) is 32.7 Å². The number of nitrogens with zero attached hydrogens (tertiary/aromatic N) is 4. The van der Waals surface area contributed by atoms with Gasteiger partial charge in [0.25, 0.3) is 0 Å². The number of carbonyl (C=O) groups excluding carboxylic acids is 1. The van der Waals surface area contributed by atoms with E-state index in [-0.39, 0.29) is 5.91 Å². The Bertz CT molecular complexity index is 433. The summed E-state index contributed by atoms with van der Waals surface area (Å²) in [5.74, 6) is 1.90. The molecule has 20 heavy (non-hydrogen) atoms. The van der Waals surface area contributed by atoms with Crippen molar-refractivity contribution in [2.45, 2.75) is 39.7 Å². The lowest BCUT2D eigenvalue weighted by Crippen LogP contribution is -2.49. The van der Waals surface area contributed by atoms with Crippen LogP contribution in [-0.4, -0.2) is 58.0 Å². The fourth-order valence-corrected chi connectivity index (χ4v) is 2.70. The minimum absolute atomic E-state index is 0.279. The topological polar surface area (TPSA) is 41.4 Å². The zero-order valence-electron chi connectivity index (χ0n) is 12.9. The van der Waals surface area contributed by atoms with Gasteiger partial charge in [0.15, 0.2) is 0 Å². The maximum Gasteiger partial charge on any atom is 0.222 e. The van der Waals surface area contributed by atoms with Crippen molar-refractivity contribution in [3.05, 3.63) is 18.2 Å². The molecule has 0 aliphatic carbocycles. The fourth-order valence-electron chi connectivity index (χ4n) is 2.70. The van der Waals surface area contributed by atoms with Gasteiger partial charge in [0.2, 0.25) is 5.91 Å². The van der Waals surface area contributed by atoms with Crippen LogP contribution in [0.15, 0.2) is 12.4 Å². The van der Waals surface area contributed by atoms with Gasteiger partial charge in [-0.15, -0.1) is 0 Å². The van der Waals surface area contributed by atoms with Crippen LogP contribution in [0.4, 0.5) is 0 Å². The first-order chi connectivity index (χ1) is 9.61. The van der Waals surface area contributed by atoms with Crippen molar-refractivity contribution in [1.29, 1.82) is 0 Å². The monoisotopic (exact) mass is 278 g/mol. The molecule has 1 aromatic heterocycles. The van der Waals surface area contributed by atoms with Gasteiger partial charge < -0.3 is 9.47 Å². The van der Waals surface area contributed by atoms with Crippen LogP contribution in [0.1, 0.15) is 38.9 Å². The van der Waals surface area contributed by atoms with Gasteiger partial charge in [0.1, 0.15) is 5.82 Å². The molecule has 0 N–H and O–H groups in total. The third-order valence-corrected chi connectivity index (χ3v) is 3.95. The smallest absolute Gasteiger partial charge is 0.222 e. The summed E-state index contributed by atoms with van der Waals surface area (Å²) < 4.78 is 2.24. The van der Waals surface area contributed by atoms with E-state index in [1.165, 1.54) is 0 Å². The van der Waals surface area contributed by atoms with Crippen molar-refractivity contribution in [3.63, 3.8) is 0 Å². The summed E-state index contributed by atoms with van der Waals surface area (Å²) in [6, 6.07) is 0. The summed E-state index contributed by atoms with van der Waals surface area (Å²) in [5, 5.41) is 0. The molecule has 1 aliphatic rings. The molecule has 0 aromatic carbocycles. The van der Waals surface area contributed by atoms with Crippen molar-refractivity contribution in [2.24, 2.45) is 0 Å². The van der Waals surface area contributed by atoms with E-state index >= 15 is 0 Å². The summed E-state index contributed by atoms with van der Waals surface area (Å²) in [7, 11) is 0. The summed E-state index contributed by atoms with van der Waals surface area (Å²) >= 11 is 0. The molecule has 1 amide bonds. The second kappa shape index (κ2) is 6.88. The van der Waals surface area contributed by atoms with E-state index in [4.69, 9.17) is 0 Å². The molecule has 5 nitrogen and oxygen atoms in total. The Kier molecular flexibility index (Phi) is 5.17. The lowest BCUT2D eigenvalue weighted by molar-refractivity contribution is -0.132. The molecule has 0 spiro atoms. The Morgan fingerprint density at radius 1 is 1.25 bits per heavy atom. The zero-order valence-corrected chi connectivity index (χ0v) is 12.9. The fraction of sp³-hybridized carbons (Fsp3) is 0.733. The molecule has 1 aromatic rings. The SMILES string of the molecule is CCC(=O)N1CCN(CCn2ccnc2C(C)C)CC1. The lowest BCUT2D eigenvalue weighted by Gasteiger charge is -2.34. The maximum absolute atomic E-state index is 11.6. The van der Waals surface area contributed by atoms with Crippen LogP contribution in [0.5, 0.6) is 0 Å². The van der Waals surface area contributed by atoms with Gasteiger partial charge in [-0.2, -0.15) is 0 Å². The molecule has 112 valence electrons. The van der Waals surface area contributed by atoms with Crippen LogP contribution in [-0.2, 0) is 11.3 Å². The number of aromatic nitrogens is 2. The average molecular weight is 278 g/mol. The van der Waals surface area contributed by atoms with Gasteiger partial charge in [-0.3, -0.25) is 9.69 Å². The molecule has 0 unspecified atom stereocenters. The van der Waals surface area contributed by atoms with E-state index < -0.39 is 0 Å². The van der Waals surface area contributed by atoms with E-state index in [1.807, 2.05) is 18.0 Å². The number of imidazole rings is 1. The van der Waals surface area contributed by atoms with Gasteiger partial charge in [-0.05, 0) is 0 Å². The third kappa shape index (κ3) is 3.60. The Morgan fingerprint density at radius 3 is 2.55 bits per heavy atom. The highest BCUT2D eigenvalue weighted by molar-refractivity contribution is 5.75. The van der Waals surface area contributed by atoms with Crippen molar-refractivity contribution in [1.82, 2.24) is 19.4 Å². The largest absolute Gasteiger partial charge is 0.340 e. The second-order valence-corrected chi connectivity index (χ2v) is 5.71. The number of rotatable bonds is 5. The number of carbonyl (C=O) groups is 1. The summed E-state index contributed by atoms with van der Waals surface area (Å²) in [6.45, 7) is 12.0. The third-order valence-electron chi connectivity index (χ3n) is 3.95. The van der Waals surface area contributed by atoms with Crippen molar-refractivity contribution in [3.8, 4) is 0 Å². The van der Waals surface area contributed by atoms with Crippen LogP contribution in [0, 0.1) is 0 Å². The molecule has 2 heterocycles. The molecule has 1 fully saturated rings. The van der Waals surface area contributed by atoms with Gasteiger partial charge in [-0.25, -0.2) is 4.98 Å². The first-order valence-corrected chi connectivity index (χ1v) is 7.63. The predicted octanol–water partition coefficient (Wildman–Crippen LogP) is 1.56. The number of hydrogen-bond acceptors (Lipinski definition) is 3. The van der Waals surface area contributed by atoms with Crippen LogP contribution in [0.25, 0.3) is 0 Å².